The molecule has 0 bridgehead atoms. The molecule has 0 unspecified atom stereocenters. The fraction of sp³-hybridized carbons (Fsp3) is 0.391. The highest BCUT2D eigenvalue weighted by Crippen LogP contribution is 2.27. The number of nitrogens with zero attached hydrogens (tertiary/aromatic N) is 4. The number of hydrazone groups is 2. The quantitative estimate of drug-likeness (QED) is 0.245. The van der Waals surface area contributed by atoms with E-state index in [0.717, 1.165) is 40.6 Å². The first-order valence-corrected chi connectivity index (χ1v) is 11.0. The van der Waals surface area contributed by atoms with E-state index < -0.39 is 0 Å². The second-order valence-corrected chi connectivity index (χ2v) is 7.52. The molecular formula is C23H33N7OS. The van der Waals surface area contributed by atoms with Gasteiger partial charge in [0.25, 0.3) is 0 Å². The number of amidine groups is 1. The second kappa shape index (κ2) is 12.0. The third-order valence-corrected chi connectivity index (χ3v) is 5.14. The lowest BCUT2D eigenvalue weighted by atomic mass is 10.1. The summed E-state index contributed by atoms with van der Waals surface area (Å²) in [5.74, 6) is 1.56. The first-order chi connectivity index (χ1) is 15.3. The molecule has 1 aromatic carbocycles. The van der Waals surface area contributed by atoms with Crippen molar-refractivity contribution < 1.29 is 4.74 Å². The van der Waals surface area contributed by atoms with E-state index in [9.17, 15) is 0 Å². The van der Waals surface area contributed by atoms with Crippen molar-refractivity contribution in [3.8, 4) is 17.0 Å². The molecule has 0 aliphatic heterocycles. The van der Waals surface area contributed by atoms with E-state index in [-0.39, 0.29) is 0 Å². The van der Waals surface area contributed by atoms with E-state index in [1.165, 1.54) is 0 Å². The van der Waals surface area contributed by atoms with Gasteiger partial charge in [-0.05, 0) is 82.7 Å². The Hall–Kier alpha value is -3.20. The number of benzene rings is 1. The van der Waals surface area contributed by atoms with Crippen LogP contribution in [0.4, 0.5) is 0 Å². The van der Waals surface area contributed by atoms with Crippen molar-refractivity contribution in [3.63, 3.8) is 0 Å². The summed E-state index contributed by atoms with van der Waals surface area (Å²) < 4.78 is 7.43. The van der Waals surface area contributed by atoms with Gasteiger partial charge in [-0.2, -0.15) is 10.2 Å². The average Bonchev–Trinajstić information content (AvgIpc) is 3.07. The van der Waals surface area contributed by atoms with Gasteiger partial charge in [-0.25, -0.2) is 0 Å². The maximum absolute atomic E-state index is 5.29. The van der Waals surface area contributed by atoms with Crippen molar-refractivity contribution in [3.05, 3.63) is 41.6 Å². The van der Waals surface area contributed by atoms with Crippen LogP contribution in [0.15, 0.2) is 45.5 Å². The molecule has 0 spiro atoms. The van der Waals surface area contributed by atoms with Crippen molar-refractivity contribution in [2.45, 2.75) is 34.6 Å². The van der Waals surface area contributed by atoms with Gasteiger partial charge in [-0.1, -0.05) is 0 Å². The van der Waals surface area contributed by atoms with Gasteiger partial charge in [0.1, 0.15) is 17.3 Å². The molecule has 0 saturated heterocycles. The molecular weight excluding hydrogens is 422 g/mol. The van der Waals surface area contributed by atoms with Gasteiger partial charge in [0.2, 0.25) is 0 Å². The lowest BCUT2D eigenvalue weighted by molar-refractivity contribution is 0.415. The largest absolute Gasteiger partial charge is 0.497 e. The first kappa shape index (κ1) is 25.1. The monoisotopic (exact) mass is 455 g/mol. The van der Waals surface area contributed by atoms with E-state index in [4.69, 9.17) is 17.0 Å². The minimum atomic E-state index is 0.464. The maximum atomic E-state index is 5.29. The molecule has 3 N–H and O–H groups in total. The maximum Gasteiger partial charge on any atom is 0.186 e. The topological polar surface area (TPSA) is 87.3 Å². The number of methoxy groups -OCH3 is 1. The molecule has 0 aliphatic rings. The third kappa shape index (κ3) is 6.40. The molecule has 32 heavy (non-hydrogen) atoms. The second-order valence-electron chi connectivity index (χ2n) is 7.12. The number of hydrogen-bond donors (Lipinski definition) is 3. The molecule has 0 aliphatic carbocycles. The van der Waals surface area contributed by atoms with Crippen molar-refractivity contribution in [1.82, 2.24) is 20.7 Å². The van der Waals surface area contributed by atoms with E-state index in [0.29, 0.717) is 23.1 Å². The van der Waals surface area contributed by atoms with Gasteiger partial charge < -0.3 is 14.6 Å². The Labute approximate surface area is 195 Å². The molecule has 0 saturated carbocycles. The molecule has 2 aromatic rings. The van der Waals surface area contributed by atoms with Crippen LogP contribution in [0, 0.1) is 6.92 Å². The van der Waals surface area contributed by atoms with Crippen LogP contribution in [0.2, 0.25) is 0 Å². The first-order valence-electron chi connectivity index (χ1n) is 10.6. The number of aliphatic imine (C=N–C) groups is 1. The summed E-state index contributed by atoms with van der Waals surface area (Å²) in [6.07, 6.45) is 0. The van der Waals surface area contributed by atoms with Crippen LogP contribution in [-0.2, 0) is 7.05 Å². The average molecular weight is 456 g/mol. The molecule has 0 fully saturated rings. The molecule has 1 heterocycles. The van der Waals surface area contributed by atoms with E-state index in [1.807, 2.05) is 59.0 Å². The molecule has 9 heteroatoms. The highest BCUT2D eigenvalue weighted by Gasteiger charge is 2.18. The smallest absolute Gasteiger partial charge is 0.186 e. The molecule has 8 nitrogen and oxygen atoms in total. The Balaban J connectivity index is 2.50. The van der Waals surface area contributed by atoms with Crippen LogP contribution in [-0.4, -0.2) is 47.1 Å². The Morgan fingerprint density at radius 1 is 1.09 bits per heavy atom. The Kier molecular flexibility index (Phi) is 9.39. The van der Waals surface area contributed by atoms with Gasteiger partial charge in [0, 0.05) is 37.1 Å². The number of nitrogens with one attached hydrogen (secondary N) is 3. The summed E-state index contributed by atoms with van der Waals surface area (Å²) in [4.78, 5) is 4.35. The number of ether oxygens (including phenoxy) is 1. The summed E-state index contributed by atoms with van der Waals surface area (Å²) in [5.41, 5.74) is 11.5. The summed E-state index contributed by atoms with van der Waals surface area (Å²) in [6, 6.07) is 10.1. The third-order valence-electron chi connectivity index (χ3n) is 4.91. The van der Waals surface area contributed by atoms with Crippen molar-refractivity contribution in [1.29, 1.82) is 0 Å². The van der Waals surface area contributed by atoms with Crippen molar-refractivity contribution in [2.75, 3.05) is 20.2 Å². The Morgan fingerprint density at radius 3 is 2.38 bits per heavy atom. The van der Waals surface area contributed by atoms with Gasteiger partial charge in [-0.3, -0.25) is 15.8 Å². The van der Waals surface area contributed by atoms with Crippen LogP contribution >= 0.6 is 12.2 Å². The molecule has 0 radical (unpaired) electrons. The van der Waals surface area contributed by atoms with E-state index >= 15 is 0 Å². The van der Waals surface area contributed by atoms with Gasteiger partial charge in [0.15, 0.2) is 5.11 Å². The fourth-order valence-electron chi connectivity index (χ4n) is 3.11. The zero-order valence-electron chi connectivity index (χ0n) is 19.9. The van der Waals surface area contributed by atoms with Crippen molar-refractivity contribution in [2.24, 2.45) is 22.2 Å². The summed E-state index contributed by atoms with van der Waals surface area (Å²) in [6.45, 7) is 11.2. The number of rotatable bonds is 8. The Bertz CT molecular complexity index is 1020. The number of aromatic nitrogens is 1. The van der Waals surface area contributed by atoms with Crippen LogP contribution in [0.25, 0.3) is 11.3 Å². The fourth-order valence-corrected chi connectivity index (χ4v) is 3.30. The zero-order valence-corrected chi connectivity index (χ0v) is 20.7. The molecule has 0 atom stereocenters. The van der Waals surface area contributed by atoms with Crippen LogP contribution in [0.1, 0.15) is 39.0 Å². The van der Waals surface area contributed by atoms with Gasteiger partial charge in [-0.15, -0.1) is 0 Å². The summed E-state index contributed by atoms with van der Waals surface area (Å²) in [5, 5.41) is 12.6. The predicted octanol–water partition coefficient (Wildman–Crippen LogP) is 3.60. The minimum absolute atomic E-state index is 0.464. The van der Waals surface area contributed by atoms with E-state index in [1.54, 1.807) is 7.11 Å². The summed E-state index contributed by atoms with van der Waals surface area (Å²) >= 11 is 5.23. The zero-order chi connectivity index (χ0) is 23.7. The number of hydrogen-bond acceptors (Lipinski definition) is 5. The van der Waals surface area contributed by atoms with E-state index in [2.05, 4.69) is 48.9 Å². The van der Waals surface area contributed by atoms with Crippen LogP contribution in [0.5, 0.6) is 5.75 Å². The van der Waals surface area contributed by atoms with Crippen LogP contribution in [0.3, 0.4) is 0 Å². The minimum Gasteiger partial charge on any atom is -0.497 e. The SMILES string of the molecule is CCN=C(C)N/N=C(/C(C)=N/NC(=S)NCC)c1cc(-c2ccc(OC)cc2)n(C)c1C. The van der Waals surface area contributed by atoms with Crippen molar-refractivity contribution >= 4 is 34.6 Å². The van der Waals surface area contributed by atoms with Crippen LogP contribution < -0.4 is 20.9 Å². The predicted molar refractivity (Wildman–Crippen MR) is 138 cm³/mol. The molecule has 172 valence electrons. The molecule has 0 amide bonds. The normalized spacial score (nSPS) is 12.5. The highest BCUT2D eigenvalue weighted by molar-refractivity contribution is 7.80. The Morgan fingerprint density at radius 2 is 1.78 bits per heavy atom. The number of thiocarbonyl (C=S) groups is 1. The molecule has 1 aromatic heterocycles. The lowest BCUT2D eigenvalue weighted by Gasteiger charge is -2.10. The van der Waals surface area contributed by atoms with Gasteiger partial charge in [0.05, 0.1) is 12.8 Å². The van der Waals surface area contributed by atoms with Gasteiger partial charge >= 0.3 is 0 Å². The standard InChI is InChI=1S/C23H33N7OS/c1-8-24-17(5)27-28-22(15(3)26-29-23(32)25-9-2)20-14-21(30(6)16(20)4)18-10-12-19(31-7)13-11-18/h10-14H,8-9H2,1-7H3,(H,24,27)(H2,25,29,32)/b26-15+,28-22-. The summed E-state index contributed by atoms with van der Waals surface area (Å²) in [7, 11) is 3.70. The highest BCUT2D eigenvalue weighted by atomic mass is 32.1. The molecule has 2 rings (SSSR count). The lowest BCUT2D eigenvalue weighted by Crippen LogP contribution is -2.33.